The first-order valence-electron chi connectivity index (χ1n) is 9.63. The van der Waals surface area contributed by atoms with Crippen LogP contribution >= 0.6 is 0 Å². The van der Waals surface area contributed by atoms with Crippen LogP contribution in [0, 0.1) is 0 Å². The van der Waals surface area contributed by atoms with Gasteiger partial charge in [-0.3, -0.25) is 14.5 Å². The number of carbonyl (C=O) groups is 2. The lowest BCUT2D eigenvalue weighted by molar-refractivity contribution is -0.139. The zero-order valence-corrected chi connectivity index (χ0v) is 16.2. The first-order chi connectivity index (χ1) is 13.1. The number of rotatable bonds is 6. The predicted molar refractivity (Wildman–Crippen MR) is 102 cm³/mol. The van der Waals surface area contributed by atoms with Crippen LogP contribution in [-0.2, 0) is 16.1 Å². The molecule has 0 spiro atoms. The van der Waals surface area contributed by atoms with E-state index < -0.39 is 6.04 Å². The third-order valence-corrected chi connectivity index (χ3v) is 5.39. The molecule has 0 saturated carbocycles. The molecule has 2 heterocycles. The van der Waals surface area contributed by atoms with Crippen LogP contribution in [0.25, 0.3) is 0 Å². The summed E-state index contributed by atoms with van der Waals surface area (Å²) >= 11 is 0. The maximum atomic E-state index is 12.7. The first kappa shape index (κ1) is 19.5. The van der Waals surface area contributed by atoms with E-state index in [1.54, 1.807) is 14.2 Å². The van der Waals surface area contributed by atoms with Crippen LogP contribution < -0.4 is 14.8 Å². The number of methoxy groups -OCH3 is 2. The maximum absolute atomic E-state index is 12.7. The number of hydrogen-bond donors (Lipinski definition) is 1. The second-order valence-electron chi connectivity index (χ2n) is 7.10. The summed E-state index contributed by atoms with van der Waals surface area (Å²) in [6, 6.07) is 5.23. The Morgan fingerprint density at radius 2 is 1.93 bits per heavy atom. The highest BCUT2D eigenvalue weighted by atomic mass is 16.5. The normalized spacial score (nSPS) is 20.9. The molecule has 2 saturated heterocycles. The van der Waals surface area contributed by atoms with E-state index in [2.05, 4.69) is 10.2 Å². The number of piperidine rings is 1. The van der Waals surface area contributed by atoms with Gasteiger partial charge in [0.2, 0.25) is 11.8 Å². The topological polar surface area (TPSA) is 71.1 Å². The molecule has 1 N–H and O–H groups in total. The van der Waals surface area contributed by atoms with Gasteiger partial charge in [0, 0.05) is 44.4 Å². The van der Waals surface area contributed by atoms with Gasteiger partial charge in [-0.1, -0.05) is 6.07 Å². The Labute approximate surface area is 160 Å². The minimum atomic E-state index is -0.444. The van der Waals surface area contributed by atoms with Crippen LogP contribution in [0.5, 0.6) is 11.5 Å². The van der Waals surface area contributed by atoms with Gasteiger partial charge >= 0.3 is 0 Å². The molecule has 0 aliphatic carbocycles. The smallest absolute Gasteiger partial charge is 0.237 e. The minimum absolute atomic E-state index is 0.0703. The van der Waals surface area contributed by atoms with Crippen LogP contribution in [0.3, 0.4) is 0 Å². The van der Waals surface area contributed by atoms with Gasteiger partial charge in [0.15, 0.2) is 0 Å². The van der Waals surface area contributed by atoms with Crippen molar-refractivity contribution in [1.82, 2.24) is 15.1 Å². The molecule has 0 bridgehead atoms. The molecule has 7 heteroatoms. The number of amides is 2. The SMILES string of the molecule is COc1ccc(CN2CCNC(=O)[C@H]2CC(=O)N2CCCCC2)c(OC)c1. The molecule has 2 aliphatic heterocycles. The minimum Gasteiger partial charge on any atom is -0.497 e. The Bertz CT molecular complexity index is 673. The molecule has 1 aromatic carbocycles. The summed E-state index contributed by atoms with van der Waals surface area (Å²) in [5.41, 5.74) is 0.975. The standard InChI is InChI=1S/C20H29N3O4/c1-26-16-7-6-15(18(12-16)27-2)14-23-11-8-21-20(25)17(23)13-19(24)22-9-4-3-5-10-22/h6-7,12,17H,3-5,8-11,13-14H2,1-2H3,(H,21,25)/t17-/m1/s1. The van der Waals surface area contributed by atoms with Gasteiger partial charge in [-0.25, -0.2) is 0 Å². The third kappa shape index (κ3) is 4.71. The van der Waals surface area contributed by atoms with Crippen LogP contribution in [0.15, 0.2) is 18.2 Å². The highest BCUT2D eigenvalue weighted by molar-refractivity contribution is 5.88. The summed E-state index contributed by atoms with van der Waals surface area (Å²) in [6.45, 7) is 3.46. The summed E-state index contributed by atoms with van der Waals surface area (Å²) in [7, 11) is 3.24. The zero-order valence-electron chi connectivity index (χ0n) is 16.2. The fourth-order valence-electron chi connectivity index (χ4n) is 3.81. The Balaban J connectivity index is 1.72. The van der Waals surface area contributed by atoms with E-state index in [-0.39, 0.29) is 18.2 Å². The van der Waals surface area contributed by atoms with E-state index in [9.17, 15) is 9.59 Å². The van der Waals surface area contributed by atoms with Gasteiger partial charge in [-0.05, 0) is 25.3 Å². The van der Waals surface area contributed by atoms with Crippen molar-refractivity contribution in [1.29, 1.82) is 0 Å². The van der Waals surface area contributed by atoms with Crippen molar-refractivity contribution in [3.05, 3.63) is 23.8 Å². The first-order valence-corrected chi connectivity index (χ1v) is 9.63. The summed E-state index contributed by atoms with van der Waals surface area (Å²) in [5.74, 6) is 1.45. The monoisotopic (exact) mass is 375 g/mol. The largest absolute Gasteiger partial charge is 0.497 e. The lowest BCUT2D eigenvalue weighted by Gasteiger charge is -2.36. The van der Waals surface area contributed by atoms with Gasteiger partial charge < -0.3 is 19.7 Å². The number of carbonyl (C=O) groups excluding carboxylic acids is 2. The van der Waals surface area contributed by atoms with Crippen molar-refractivity contribution in [2.75, 3.05) is 40.4 Å². The Morgan fingerprint density at radius 3 is 2.63 bits per heavy atom. The van der Waals surface area contributed by atoms with E-state index in [1.807, 2.05) is 23.1 Å². The number of nitrogens with zero attached hydrogens (tertiary/aromatic N) is 2. The van der Waals surface area contributed by atoms with E-state index in [1.165, 1.54) is 6.42 Å². The Morgan fingerprint density at radius 1 is 1.15 bits per heavy atom. The number of likely N-dealkylation sites (tertiary alicyclic amines) is 1. The van der Waals surface area contributed by atoms with Crippen LogP contribution in [0.2, 0.25) is 0 Å². The van der Waals surface area contributed by atoms with Gasteiger partial charge in [0.25, 0.3) is 0 Å². The second-order valence-corrected chi connectivity index (χ2v) is 7.10. The quantitative estimate of drug-likeness (QED) is 0.814. The molecule has 1 aromatic rings. The predicted octanol–water partition coefficient (Wildman–Crippen LogP) is 1.41. The number of piperazine rings is 1. The third-order valence-electron chi connectivity index (χ3n) is 5.39. The molecule has 7 nitrogen and oxygen atoms in total. The van der Waals surface area contributed by atoms with Crippen molar-refractivity contribution >= 4 is 11.8 Å². The van der Waals surface area contributed by atoms with Gasteiger partial charge in [0.1, 0.15) is 11.5 Å². The molecule has 3 rings (SSSR count). The molecule has 2 amide bonds. The lowest BCUT2D eigenvalue weighted by Crippen LogP contribution is -2.56. The van der Waals surface area contributed by atoms with Crippen molar-refractivity contribution in [3.63, 3.8) is 0 Å². The van der Waals surface area contributed by atoms with Crippen molar-refractivity contribution in [3.8, 4) is 11.5 Å². The summed E-state index contributed by atoms with van der Waals surface area (Å²) in [5, 5.41) is 2.90. The fourth-order valence-corrected chi connectivity index (χ4v) is 3.81. The molecule has 0 radical (unpaired) electrons. The zero-order chi connectivity index (χ0) is 19.2. The van der Waals surface area contributed by atoms with Crippen molar-refractivity contribution in [2.45, 2.75) is 38.3 Å². The van der Waals surface area contributed by atoms with Gasteiger partial charge in [0.05, 0.1) is 26.7 Å². The Kier molecular flexibility index (Phi) is 6.55. The van der Waals surface area contributed by atoms with E-state index in [0.29, 0.717) is 19.6 Å². The molecule has 2 fully saturated rings. The van der Waals surface area contributed by atoms with E-state index in [0.717, 1.165) is 43.0 Å². The molecule has 1 atom stereocenters. The van der Waals surface area contributed by atoms with E-state index in [4.69, 9.17) is 9.47 Å². The van der Waals surface area contributed by atoms with Crippen molar-refractivity contribution in [2.24, 2.45) is 0 Å². The highest BCUT2D eigenvalue weighted by Crippen LogP contribution is 2.27. The van der Waals surface area contributed by atoms with Crippen LogP contribution in [0.1, 0.15) is 31.2 Å². The van der Waals surface area contributed by atoms with Gasteiger partial charge in [-0.15, -0.1) is 0 Å². The number of benzene rings is 1. The van der Waals surface area contributed by atoms with Gasteiger partial charge in [-0.2, -0.15) is 0 Å². The molecular formula is C20H29N3O4. The molecule has 2 aliphatic rings. The highest BCUT2D eigenvalue weighted by Gasteiger charge is 2.33. The maximum Gasteiger partial charge on any atom is 0.237 e. The summed E-state index contributed by atoms with van der Waals surface area (Å²) < 4.78 is 10.7. The molecule has 0 unspecified atom stereocenters. The second kappa shape index (κ2) is 9.08. The molecule has 27 heavy (non-hydrogen) atoms. The lowest BCUT2D eigenvalue weighted by atomic mass is 10.0. The average Bonchev–Trinajstić information content (AvgIpc) is 2.71. The van der Waals surface area contributed by atoms with E-state index >= 15 is 0 Å². The summed E-state index contributed by atoms with van der Waals surface area (Å²) in [6.07, 6.45) is 3.51. The van der Waals surface area contributed by atoms with Crippen LogP contribution in [-0.4, -0.2) is 68.1 Å². The molecular weight excluding hydrogens is 346 g/mol. The van der Waals surface area contributed by atoms with Crippen LogP contribution in [0.4, 0.5) is 0 Å². The average molecular weight is 375 g/mol. The van der Waals surface area contributed by atoms with Crippen molar-refractivity contribution < 1.29 is 19.1 Å². The summed E-state index contributed by atoms with van der Waals surface area (Å²) in [4.78, 5) is 29.2. The number of ether oxygens (including phenoxy) is 2. The molecule has 0 aromatic heterocycles. The number of nitrogens with one attached hydrogen (secondary N) is 1. The number of hydrogen-bond acceptors (Lipinski definition) is 5. The Hall–Kier alpha value is -2.28. The molecule has 148 valence electrons. The fraction of sp³-hybridized carbons (Fsp3) is 0.600.